The van der Waals surface area contributed by atoms with Crippen LogP contribution in [0.5, 0.6) is 0 Å². The van der Waals surface area contributed by atoms with Crippen LogP contribution in [0.1, 0.15) is 39.3 Å². The third-order valence-electron chi connectivity index (χ3n) is 3.78. The van der Waals surface area contributed by atoms with Crippen molar-refractivity contribution in [3.05, 3.63) is 17.8 Å². The highest BCUT2D eigenvalue weighted by Gasteiger charge is 2.25. The van der Waals surface area contributed by atoms with Gasteiger partial charge in [0.05, 0.1) is 12.2 Å². The molecule has 0 aromatic carbocycles. The molecule has 1 aromatic heterocycles. The van der Waals surface area contributed by atoms with E-state index in [1.54, 1.807) is 13.1 Å². The Kier molecular flexibility index (Phi) is 8.57. The fraction of sp³-hybridized carbons (Fsp3) is 0.706. The van der Waals surface area contributed by atoms with Gasteiger partial charge in [-0.25, -0.2) is 4.98 Å². The lowest BCUT2D eigenvalue weighted by atomic mass is 10.0. The monoisotopic (exact) mass is 353 g/mol. The predicted molar refractivity (Wildman–Crippen MR) is 95.8 cm³/mol. The molecule has 0 aliphatic heterocycles. The van der Waals surface area contributed by atoms with Crippen LogP contribution >= 0.6 is 0 Å². The highest BCUT2D eigenvalue weighted by atomic mass is 16.4. The van der Waals surface area contributed by atoms with Crippen molar-refractivity contribution in [3.8, 4) is 0 Å². The van der Waals surface area contributed by atoms with Crippen LogP contribution in [0.2, 0.25) is 0 Å². The lowest BCUT2D eigenvalue weighted by Gasteiger charge is -2.24. The van der Waals surface area contributed by atoms with E-state index in [-0.39, 0.29) is 23.8 Å². The molecule has 0 spiro atoms. The molecule has 1 rings (SSSR count). The molecule has 5 N–H and O–H groups in total. The summed E-state index contributed by atoms with van der Waals surface area (Å²) in [6.07, 6.45) is 2.14. The van der Waals surface area contributed by atoms with Crippen molar-refractivity contribution in [2.24, 2.45) is 11.7 Å². The predicted octanol–water partition coefficient (Wildman–Crippen LogP) is 0.108. The summed E-state index contributed by atoms with van der Waals surface area (Å²) in [5, 5.41) is 8.62. The maximum absolute atomic E-state index is 12.3. The topological polar surface area (TPSA) is 122 Å². The number of carbonyl (C=O) groups excluding carboxylic acids is 2. The highest BCUT2D eigenvalue weighted by molar-refractivity contribution is 5.89. The lowest BCUT2D eigenvalue weighted by molar-refractivity contribution is -0.130. The molecule has 0 fully saturated rings. The minimum atomic E-state index is -0.555. The maximum Gasteiger partial charge on any atom is 0.242 e. The molecule has 1 aromatic rings. The average Bonchev–Trinajstić information content (AvgIpc) is 2.94. The number of hydrogen-bond donors (Lipinski definition) is 4. The molecule has 0 saturated heterocycles. The van der Waals surface area contributed by atoms with Gasteiger partial charge >= 0.3 is 0 Å². The van der Waals surface area contributed by atoms with Crippen LogP contribution < -0.4 is 21.7 Å². The van der Waals surface area contributed by atoms with Crippen LogP contribution in [-0.2, 0) is 16.0 Å². The van der Waals surface area contributed by atoms with Gasteiger partial charge in [0.2, 0.25) is 11.8 Å². The van der Waals surface area contributed by atoms with Crippen LogP contribution in [0.15, 0.2) is 10.6 Å². The Morgan fingerprint density at radius 1 is 1.28 bits per heavy atom. The van der Waals surface area contributed by atoms with Gasteiger partial charge in [-0.2, -0.15) is 0 Å². The highest BCUT2D eigenvalue weighted by Crippen LogP contribution is 2.04. The summed E-state index contributed by atoms with van der Waals surface area (Å²) < 4.78 is 5.39. The third-order valence-corrected chi connectivity index (χ3v) is 3.78. The molecule has 25 heavy (non-hydrogen) atoms. The number of hydrogen-bond acceptors (Lipinski definition) is 6. The summed E-state index contributed by atoms with van der Waals surface area (Å²) in [7, 11) is 0. The van der Waals surface area contributed by atoms with E-state index in [1.165, 1.54) is 0 Å². The Morgan fingerprint density at radius 2 is 1.96 bits per heavy atom. The zero-order chi connectivity index (χ0) is 19.0. The zero-order valence-corrected chi connectivity index (χ0v) is 15.8. The Morgan fingerprint density at radius 3 is 2.48 bits per heavy atom. The molecule has 142 valence electrons. The number of carbonyl (C=O) groups is 2. The molecule has 0 aliphatic carbocycles. The summed E-state index contributed by atoms with van der Waals surface area (Å²) in [4.78, 5) is 28.5. The number of oxazole rings is 1. The number of aromatic nitrogens is 1. The van der Waals surface area contributed by atoms with Crippen molar-refractivity contribution < 1.29 is 14.0 Å². The minimum Gasteiger partial charge on any atom is -0.446 e. The van der Waals surface area contributed by atoms with E-state index < -0.39 is 12.1 Å². The van der Waals surface area contributed by atoms with Gasteiger partial charge < -0.3 is 26.1 Å². The molecule has 8 nitrogen and oxygen atoms in total. The molecule has 0 saturated carbocycles. The summed E-state index contributed by atoms with van der Waals surface area (Å²) in [5.74, 6) is 0.921. The normalized spacial score (nSPS) is 14.8. The number of nitrogens with zero attached hydrogens (tertiary/aromatic N) is 1. The second-order valence-corrected chi connectivity index (χ2v) is 6.58. The van der Waals surface area contributed by atoms with Crippen LogP contribution in [-0.4, -0.2) is 48.0 Å². The molecule has 0 aliphatic rings. The van der Waals surface area contributed by atoms with Crippen molar-refractivity contribution in [1.82, 2.24) is 20.9 Å². The number of aryl methyl sites for hydroxylation is 1. The largest absolute Gasteiger partial charge is 0.446 e. The quantitative estimate of drug-likeness (QED) is 0.473. The first-order valence-electron chi connectivity index (χ1n) is 8.72. The first-order valence-corrected chi connectivity index (χ1v) is 8.72. The second kappa shape index (κ2) is 10.1. The van der Waals surface area contributed by atoms with Gasteiger partial charge in [0, 0.05) is 25.6 Å². The zero-order valence-electron chi connectivity index (χ0n) is 15.8. The summed E-state index contributed by atoms with van der Waals surface area (Å²) >= 11 is 0. The lowest BCUT2D eigenvalue weighted by Crippen LogP contribution is -2.55. The Hall–Kier alpha value is -1.93. The van der Waals surface area contributed by atoms with Crippen LogP contribution in [0.4, 0.5) is 0 Å². The number of nitrogens with two attached hydrogens (primary N) is 1. The van der Waals surface area contributed by atoms with E-state index in [1.807, 2.05) is 27.7 Å². The fourth-order valence-corrected chi connectivity index (χ4v) is 2.31. The van der Waals surface area contributed by atoms with Crippen LogP contribution in [0.25, 0.3) is 0 Å². The van der Waals surface area contributed by atoms with Crippen molar-refractivity contribution in [2.45, 2.75) is 59.2 Å². The molecule has 3 atom stereocenters. The van der Waals surface area contributed by atoms with Gasteiger partial charge in [-0.15, -0.1) is 0 Å². The smallest absolute Gasteiger partial charge is 0.242 e. The number of amides is 2. The van der Waals surface area contributed by atoms with Crippen LogP contribution in [0.3, 0.4) is 0 Å². The molecule has 8 heteroatoms. The van der Waals surface area contributed by atoms with E-state index in [0.717, 1.165) is 5.76 Å². The maximum atomic E-state index is 12.3. The SMILES string of the molecule is CCNC(=O)[C@@H](NC(=O)[C@H](C)NC[C@@H](N)Cc1ncc(C)o1)C(C)C. The standard InChI is InChI=1S/C17H31N5O3/c1-6-19-17(24)15(10(2)3)22-16(23)12(5)20-9-13(18)7-14-21-8-11(4)25-14/h8,10,12-13,15,20H,6-7,9,18H2,1-5H3,(H,19,24)(H,22,23)/t12-,13-,15-/m0/s1. The van der Waals surface area contributed by atoms with E-state index in [9.17, 15) is 9.59 Å². The molecule has 0 unspecified atom stereocenters. The fourth-order valence-electron chi connectivity index (χ4n) is 2.31. The van der Waals surface area contributed by atoms with E-state index in [2.05, 4.69) is 20.9 Å². The van der Waals surface area contributed by atoms with E-state index >= 15 is 0 Å². The van der Waals surface area contributed by atoms with Gasteiger partial charge in [-0.1, -0.05) is 13.8 Å². The van der Waals surface area contributed by atoms with Crippen molar-refractivity contribution in [3.63, 3.8) is 0 Å². The minimum absolute atomic E-state index is 0.00164. The molecule has 0 bridgehead atoms. The first kappa shape index (κ1) is 21.1. The second-order valence-electron chi connectivity index (χ2n) is 6.58. The summed E-state index contributed by atoms with van der Waals surface area (Å²) in [6.45, 7) is 10.2. The van der Waals surface area contributed by atoms with Gasteiger partial charge in [-0.05, 0) is 26.7 Å². The molecular weight excluding hydrogens is 322 g/mol. The van der Waals surface area contributed by atoms with E-state index in [0.29, 0.717) is 25.4 Å². The molecule has 2 amide bonds. The van der Waals surface area contributed by atoms with Gasteiger partial charge in [-0.3, -0.25) is 9.59 Å². The Labute approximate surface area is 149 Å². The summed E-state index contributed by atoms with van der Waals surface area (Å²) in [5.41, 5.74) is 6.04. The van der Waals surface area contributed by atoms with Crippen molar-refractivity contribution in [2.75, 3.05) is 13.1 Å². The molecular formula is C17H31N5O3. The van der Waals surface area contributed by atoms with Crippen LogP contribution in [0, 0.1) is 12.8 Å². The van der Waals surface area contributed by atoms with Gasteiger partial charge in [0.1, 0.15) is 11.8 Å². The van der Waals surface area contributed by atoms with Crippen molar-refractivity contribution >= 4 is 11.8 Å². The number of nitrogens with one attached hydrogen (secondary N) is 3. The number of rotatable bonds is 10. The van der Waals surface area contributed by atoms with Gasteiger partial charge in [0.25, 0.3) is 0 Å². The third kappa shape index (κ3) is 7.23. The Bertz CT molecular complexity index is 558. The average molecular weight is 353 g/mol. The van der Waals surface area contributed by atoms with E-state index in [4.69, 9.17) is 10.2 Å². The summed E-state index contributed by atoms with van der Waals surface area (Å²) in [6, 6.07) is -1.24. The molecule has 0 radical (unpaired) electrons. The first-order chi connectivity index (χ1) is 11.7. The number of likely N-dealkylation sites (N-methyl/N-ethyl adjacent to an activating group) is 1. The van der Waals surface area contributed by atoms with Crippen molar-refractivity contribution in [1.29, 1.82) is 0 Å². The Balaban J connectivity index is 2.45. The van der Waals surface area contributed by atoms with Gasteiger partial charge in [0.15, 0.2) is 5.89 Å². The molecule has 1 heterocycles.